The Morgan fingerprint density at radius 3 is 2.73 bits per heavy atom. The number of aromatic nitrogens is 3. The molecule has 0 bridgehead atoms. The van der Waals surface area contributed by atoms with Gasteiger partial charge >= 0.3 is 0 Å². The highest BCUT2D eigenvalue weighted by Gasteiger charge is 2.22. The van der Waals surface area contributed by atoms with Crippen LogP contribution in [-0.2, 0) is 19.9 Å². The zero-order chi connectivity index (χ0) is 20.2. The van der Waals surface area contributed by atoms with Gasteiger partial charge < -0.3 is 9.47 Å². The minimum atomic E-state index is 0. The van der Waals surface area contributed by atoms with E-state index in [0.717, 1.165) is 41.7 Å². The maximum absolute atomic E-state index is 4.39. The standard InChI is InChI=1S/C23H27BrN4S.ClH/c1-27(21-12-10-18-15-20(24)11-9-19(18)16-21)13-6-14-29-23-26-25-22(28(23)2)17-7-4-3-5-8-17;/h3-5,7-9,11,15,21H,6,10,12-14,16H2,1-2H3;1H. The first kappa shape index (κ1) is 23.3. The van der Waals surface area contributed by atoms with Crippen molar-refractivity contribution in [3.63, 3.8) is 0 Å². The minimum Gasteiger partial charge on any atom is -0.305 e. The molecule has 1 atom stereocenters. The number of hydrogen-bond acceptors (Lipinski definition) is 4. The van der Waals surface area contributed by atoms with Crippen LogP contribution in [0.25, 0.3) is 11.4 Å². The van der Waals surface area contributed by atoms with Crippen LogP contribution in [0, 0.1) is 0 Å². The number of halogens is 2. The zero-order valence-electron chi connectivity index (χ0n) is 17.4. The van der Waals surface area contributed by atoms with Crippen molar-refractivity contribution in [2.45, 2.75) is 36.9 Å². The van der Waals surface area contributed by atoms with E-state index in [1.54, 1.807) is 11.8 Å². The summed E-state index contributed by atoms with van der Waals surface area (Å²) in [7, 11) is 4.32. The summed E-state index contributed by atoms with van der Waals surface area (Å²) in [6, 6.07) is 17.6. The molecule has 30 heavy (non-hydrogen) atoms. The number of aryl methyl sites for hydroxylation is 1. The fourth-order valence-corrected chi connectivity index (χ4v) is 5.26. The Balaban J connectivity index is 0.00000256. The second-order valence-electron chi connectivity index (χ2n) is 7.72. The van der Waals surface area contributed by atoms with Crippen LogP contribution in [0.4, 0.5) is 0 Å². The summed E-state index contributed by atoms with van der Waals surface area (Å²) < 4.78 is 3.29. The van der Waals surface area contributed by atoms with Gasteiger partial charge in [0.2, 0.25) is 0 Å². The van der Waals surface area contributed by atoms with E-state index in [1.807, 2.05) is 18.2 Å². The Kier molecular flexibility index (Phi) is 8.40. The number of rotatable bonds is 7. The van der Waals surface area contributed by atoms with Crippen molar-refractivity contribution in [2.24, 2.45) is 7.05 Å². The molecule has 0 saturated carbocycles. The number of nitrogens with zero attached hydrogens (tertiary/aromatic N) is 4. The van der Waals surface area contributed by atoms with Crippen molar-refractivity contribution in [3.8, 4) is 11.4 Å². The lowest BCUT2D eigenvalue weighted by atomic mass is 9.87. The molecule has 7 heteroatoms. The lowest BCUT2D eigenvalue weighted by Crippen LogP contribution is -2.37. The predicted molar refractivity (Wildman–Crippen MR) is 132 cm³/mol. The Morgan fingerprint density at radius 2 is 1.93 bits per heavy atom. The van der Waals surface area contributed by atoms with Crippen molar-refractivity contribution >= 4 is 40.1 Å². The summed E-state index contributed by atoms with van der Waals surface area (Å²) in [5.74, 6) is 1.99. The first-order valence-corrected chi connectivity index (χ1v) is 11.9. The molecule has 0 radical (unpaired) electrons. The van der Waals surface area contributed by atoms with Gasteiger partial charge in [-0.25, -0.2) is 0 Å². The molecule has 0 aliphatic heterocycles. The van der Waals surface area contributed by atoms with Crippen LogP contribution in [0.2, 0.25) is 0 Å². The minimum absolute atomic E-state index is 0. The average Bonchev–Trinajstić information content (AvgIpc) is 3.11. The molecule has 0 saturated heterocycles. The summed E-state index contributed by atoms with van der Waals surface area (Å²) in [6.45, 7) is 1.12. The molecule has 1 aliphatic carbocycles. The van der Waals surface area contributed by atoms with Crippen molar-refractivity contribution in [1.29, 1.82) is 0 Å². The van der Waals surface area contributed by atoms with E-state index in [-0.39, 0.29) is 12.4 Å². The molecule has 0 spiro atoms. The highest BCUT2D eigenvalue weighted by molar-refractivity contribution is 9.10. The number of hydrogen-bond donors (Lipinski definition) is 0. The van der Waals surface area contributed by atoms with Gasteiger partial charge in [0, 0.05) is 28.9 Å². The number of fused-ring (bicyclic) bond motifs is 1. The van der Waals surface area contributed by atoms with E-state index in [1.165, 1.54) is 28.4 Å². The van der Waals surface area contributed by atoms with E-state index in [0.29, 0.717) is 6.04 Å². The fourth-order valence-electron chi connectivity index (χ4n) is 4.02. The highest BCUT2D eigenvalue weighted by Crippen LogP contribution is 2.27. The van der Waals surface area contributed by atoms with Crippen LogP contribution in [0.15, 0.2) is 58.2 Å². The molecular weight excluding hydrogens is 480 g/mol. The van der Waals surface area contributed by atoms with Crippen molar-refractivity contribution < 1.29 is 0 Å². The third kappa shape index (κ3) is 5.47. The van der Waals surface area contributed by atoms with Gasteiger partial charge in [0.05, 0.1) is 0 Å². The molecule has 0 fully saturated rings. The summed E-state index contributed by atoms with van der Waals surface area (Å²) in [5.41, 5.74) is 4.13. The number of likely N-dealkylation sites (N-methyl/N-ethyl adjacent to an activating group) is 1. The topological polar surface area (TPSA) is 34.0 Å². The van der Waals surface area contributed by atoms with E-state index >= 15 is 0 Å². The Hall–Kier alpha value is -1.34. The van der Waals surface area contributed by atoms with Gasteiger partial charge in [-0.05, 0) is 62.5 Å². The molecule has 160 valence electrons. The highest BCUT2D eigenvalue weighted by atomic mass is 79.9. The first-order chi connectivity index (χ1) is 14.1. The maximum Gasteiger partial charge on any atom is 0.191 e. The SMILES string of the molecule is CN(CCCSc1nnc(-c2ccccc2)n1C)C1CCc2cc(Br)ccc2C1.Cl. The molecular formula is C23H28BrClN4S. The summed E-state index contributed by atoms with van der Waals surface area (Å²) in [4.78, 5) is 2.54. The van der Waals surface area contributed by atoms with E-state index in [4.69, 9.17) is 0 Å². The lowest BCUT2D eigenvalue weighted by Gasteiger charge is -2.32. The Morgan fingerprint density at radius 1 is 1.13 bits per heavy atom. The van der Waals surface area contributed by atoms with Crippen molar-refractivity contribution in [2.75, 3.05) is 19.3 Å². The third-order valence-corrected chi connectivity index (χ3v) is 7.35. The molecule has 4 rings (SSSR count). The normalized spacial score (nSPS) is 15.7. The largest absolute Gasteiger partial charge is 0.305 e. The van der Waals surface area contributed by atoms with Gasteiger partial charge in [-0.2, -0.15) is 0 Å². The van der Waals surface area contributed by atoms with E-state index in [2.05, 4.69) is 80.0 Å². The maximum atomic E-state index is 4.39. The molecule has 0 amide bonds. The monoisotopic (exact) mass is 506 g/mol. The van der Waals surface area contributed by atoms with E-state index < -0.39 is 0 Å². The average molecular weight is 508 g/mol. The van der Waals surface area contributed by atoms with Gasteiger partial charge in [-0.1, -0.05) is 64.1 Å². The molecule has 4 nitrogen and oxygen atoms in total. The van der Waals surface area contributed by atoms with Gasteiger partial charge in [-0.15, -0.1) is 22.6 Å². The Labute approximate surface area is 198 Å². The van der Waals surface area contributed by atoms with Crippen LogP contribution in [0.3, 0.4) is 0 Å². The number of benzene rings is 2. The Bertz CT molecular complexity index is 963. The van der Waals surface area contributed by atoms with Gasteiger partial charge in [0.1, 0.15) is 0 Å². The van der Waals surface area contributed by atoms with Crippen LogP contribution < -0.4 is 0 Å². The summed E-state index contributed by atoms with van der Waals surface area (Å²) >= 11 is 5.39. The van der Waals surface area contributed by atoms with E-state index in [9.17, 15) is 0 Å². The van der Waals surface area contributed by atoms with Crippen molar-refractivity contribution in [3.05, 3.63) is 64.1 Å². The van der Waals surface area contributed by atoms with Crippen LogP contribution in [-0.4, -0.2) is 45.1 Å². The molecule has 1 aromatic heterocycles. The van der Waals surface area contributed by atoms with Gasteiger partial charge in [0.15, 0.2) is 11.0 Å². The molecule has 3 aromatic rings. The third-order valence-electron chi connectivity index (χ3n) is 5.75. The van der Waals surface area contributed by atoms with Crippen LogP contribution in [0.5, 0.6) is 0 Å². The second-order valence-corrected chi connectivity index (χ2v) is 9.70. The molecule has 2 aromatic carbocycles. The van der Waals surface area contributed by atoms with Crippen LogP contribution in [0.1, 0.15) is 24.0 Å². The first-order valence-electron chi connectivity index (χ1n) is 10.2. The number of thioether (sulfide) groups is 1. The van der Waals surface area contributed by atoms with Crippen molar-refractivity contribution in [1.82, 2.24) is 19.7 Å². The quantitative estimate of drug-likeness (QED) is 0.306. The second kappa shape index (κ2) is 10.8. The molecule has 1 aliphatic rings. The molecule has 1 unspecified atom stereocenters. The zero-order valence-corrected chi connectivity index (χ0v) is 20.6. The fraction of sp³-hybridized carbons (Fsp3) is 0.391. The summed E-state index contributed by atoms with van der Waals surface area (Å²) in [5, 5.41) is 9.76. The van der Waals surface area contributed by atoms with Crippen LogP contribution >= 0.6 is 40.1 Å². The smallest absolute Gasteiger partial charge is 0.191 e. The van der Waals surface area contributed by atoms with Gasteiger partial charge in [0.25, 0.3) is 0 Å². The molecule has 0 N–H and O–H groups in total. The molecule has 1 heterocycles. The lowest BCUT2D eigenvalue weighted by molar-refractivity contribution is 0.223. The summed E-state index contributed by atoms with van der Waals surface area (Å²) in [6.07, 6.45) is 4.74. The predicted octanol–water partition coefficient (Wildman–Crippen LogP) is 5.64. The van der Waals surface area contributed by atoms with Gasteiger partial charge in [-0.3, -0.25) is 0 Å².